The van der Waals surface area contributed by atoms with Crippen molar-refractivity contribution in [2.75, 3.05) is 11.9 Å². The van der Waals surface area contributed by atoms with E-state index in [-0.39, 0.29) is 17.6 Å². The van der Waals surface area contributed by atoms with Crippen LogP contribution in [0.25, 0.3) is 0 Å². The highest BCUT2D eigenvalue weighted by atomic mass is 79.9. The fourth-order valence-corrected chi connectivity index (χ4v) is 3.20. The summed E-state index contributed by atoms with van der Waals surface area (Å²) in [7, 11) is 0. The maximum Gasteiger partial charge on any atom is 0.270 e. The van der Waals surface area contributed by atoms with Gasteiger partial charge < -0.3 is 4.90 Å². The third kappa shape index (κ3) is 3.81. The van der Waals surface area contributed by atoms with Crippen molar-refractivity contribution in [1.29, 1.82) is 0 Å². The third-order valence-corrected chi connectivity index (χ3v) is 4.39. The van der Waals surface area contributed by atoms with Crippen LogP contribution in [-0.2, 0) is 0 Å². The first kappa shape index (κ1) is 15.9. The molecule has 21 heavy (non-hydrogen) atoms. The number of nitrogens with zero attached hydrogens (tertiary/aromatic N) is 2. The number of hydrogen-bond acceptors (Lipinski definition) is 3. The first-order valence-electron chi connectivity index (χ1n) is 7.16. The zero-order valence-corrected chi connectivity index (χ0v) is 13.6. The molecule has 0 radical (unpaired) electrons. The van der Waals surface area contributed by atoms with Crippen LogP contribution in [0.3, 0.4) is 0 Å². The molecule has 1 amide bonds. The van der Waals surface area contributed by atoms with Crippen LogP contribution in [0.5, 0.6) is 0 Å². The van der Waals surface area contributed by atoms with Crippen LogP contribution in [0.4, 0.5) is 5.69 Å². The van der Waals surface area contributed by atoms with Crippen LogP contribution >= 0.6 is 15.9 Å². The minimum atomic E-state index is -0.448. The second-order valence-corrected chi connectivity index (χ2v) is 6.23. The highest BCUT2D eigenvalue weighted by Crippen LogP contribution is 2.25. The Bertz CT molecular complexity index is 548. The van der Waals surface area contributed by atoms with Gasteiger partial charge in [0.15, 0.2) is 0 Å². The van der Waals surface area contributed by atoms with Gasteiger partial charge in [-0.05, 0) is 44.2 Å². The number of nitro groups is 1. The summed E-state index contributed by atoms with van der Waals surface area (Å²) >= 11 is 3.42. The number of carbonyl (C=O) groups excluding carboxylic acids is 1. The minimum Gasteiger partial charge on any atom is -0.336 e. The Hall–Kier alpha value is -1.43. The summed E-state index contributed by atoms with van der Waals surface area (Å²) in [6.07, 6.45) is 4.03. The molecule has 1 atom stereocenters. The zero-order valence-electron chi connectivity index (χ0n) is 12.0. The lowest BCUT2D eigenvalue weighted by atomic mass is 10.1. The molecule has 1 saturated heterocycles. The molecule has 0 spiro atoms. The number of halogens is 1. The summed E-state index contributed by atoms with van der Waals surface area (Å²) in [5.74, 6) is -0.0844. The number of carbonyl (C=O) groups is 1. The molecule has 2 rings (SSSR count). The lowest BCUT2D eigenvalue weighted by Crippen LogP contribution is -2.35. The summed E-state index contributed by atoms with van der Waals surface area (Å²) in [5, 5.41) is 11.9. The third-order valence-electron chi connectivity index (χ3n) is 3.83. The fourth-order valence-electron chi connectivity index (χ4n) is 2.87. The molecule has 5 nitrogen and oxygen atoms in total. The van der Waals surface area contributed by atoms with Crippen molar-refractivity contribution in [3.05, 3.63) is 39.4 Å². The van der Waals surface area contributed by atoms with E-state index >= 15 is 0 Å². The Labute approximate surface area is 132 Å². The van der Waals surface area contributed by atoms with E-state index in [4.69, 9.17) is 0 Å². The largest absolute Gasteiger partial charge is 0.336 e. The maximum atomic E-state index is 12.6. The van der Waals surface area contributed by atoms with Crippen molar-refractivity contribution in [1.82, 2.24) is 4.90 Å². The number of nitro benzene ring substituents is 1. The van der Waals surface area contributed by atoms with Crippen LogP contribution in [-0.4, -0.2) is 33.6 Å². The van der Waals surface area contributed by atoms with E-state index in [0.717, 1.165) is 43.1 Å². The molecule has 1 aromatic rings. The van der Waals surface area contributed by atoms with Crippen molar-refractivity contribution in [3.8, 4) is 0 Å². The van der Waals surface area contributed by atoms with Crippen LogP contribution in [0.2, 0.25) is 0 Å². The van der Waals surface area contributed by atoms with Crippen molar-refractivity contribution in [2.45, 2.75) is 38.6 Å². The van der Waals surface area contributed by atoms with Gasteiger partial charge in [-0.3, -0.25) is 14.9 Å². The molecular formula is C15H19BrN2O3. The Morgan fingerprint density at radius 2 is 2.24 bits per heavy atom. The average Bonchev–Trinajstić information content (AvgIpc) is 2.91. The highest BCUT2D eigenvalue weighted by Gasteiger charge is 2.29. The SMILES string of the molecule is Cc1cc(C(=O)N2CCCC2CCCBr)cc([N+](=O)[O-])c1. The lowest BCUT2D eigenvalue weighted by molar-refractivity contribution is -0.384. The molecule has 0 aliphatic carbocycles. The van der Waals surface area contributed by atoms with E-state index in [0.29, 0.717) is 5.56 Å². The monoisotopic (exact) mass is 354 g/mol. The van der Waals surface area contributed by atoms with Gasteiger partial charge in [0.2, 0.25) is 0 Å². The number of hydrogen-bond donors (Lipinski definition) is 0. The molecular weight excluding hydrogens is 336 g/mol. The summed E-state index contributed by atoms with van der Waals surface area (Å²) in [6.45, 7) is 2.52. The molecule has 0 saturated carbocycles. The van der Waals surface area contributed by atoms with Crippen LogP contribution < -0.4 is 0 Å². The molecule has 1 aliphatic rings. The van der Waals surface area contributed by atoms with E-state index in [1.807, 2.05) is 4.90 Å². The standard InChI is InChI=1S/C15H19BrN2O3/c1-11-8-12(10-14(9-11)18(20)21)15(19)17-7-3-5-13(17)4-2-6-16/h8-10,13H,2-7H2,1H3. The van der Waals surface area contributed by atoms with Crippen molar-refractivity contribution < 1.29 is 9.72 Å². The molecule has 6 heteroatoms. The molecule has 114 valence electrons. The Balaban J connectivity index is 2.21. The maximum absolute atomic E-state index is 12.6. The number of alkyl halides is 1. The van der Waals surface area contributed by atoms with E-state index < -0.39 is 4.92 Å². The summed E-state index contributed by atoms with van der Waals surface area (Å²) in [6, 6.07) is 4.86. The van der Waals surface area contributed by atoms with Gasteiger partial charge in [-0.1, -0.05) is 15.9 Å². The van der Waals surface area contributed by atoms with Gasteiger partial charge in [-0.25, -0.2) is 0 Å². The molecule has 0 aromatic heterocycles. The topological polar surface area (TPSA) is 63.5 Å². The van der Waals surface area contributed by atoms with Gasteiger partial charge in [0.05, 0.1) is 4.92 Å². The molecule has 1 aromatic carbocycles. The molecule has 1 unspecified atom stereocenters. The highest BCUT2D eigenvalue weighted by molar-refractivity contribution is 9.09. The van der Waals surface area contributed by atoms with Gasteiger partial charge >= 0.3 is 0 Å². The number of rotatable bonds is 5. The number of amides is 1. The zero-order chi connectivity index (χ0) is 15.4. The molecule has 0 bridgehead atoms. The predicted octanol–water partition coefficient (Wildman–Crippen LogP) is 3.68. The number of benzene rings is 1. The van der Waals surface area contributed by atoms with Crippen LogP contribution in [0.15, 0.2) is 18.2 Å². The molecule has 1 fully saturated rings. The predicted molar refractivity (Wildman–Crippen MR) is 84.9 cm³/mol. The van der Waals surface area contributed by atoms with Gasteiger partial charge in [0.1, 0.15) is 0 Å². The number of likely N-dealkylation sites (tertiary alicyclic amines) is 1. The Morgan fingerprint density at radius 1 is 1.48 bits per heavy atom. The Morgan fingerprint density at radius 3 is 2.90 bits per heavy atom. The number of non-ortho nitro benzene ring substituents is 1. The second-order valence-electron chi connectivity index (χ2n) is 5.44. The second kappa shape index (κ2) is 7.02. The smallest absolute Gasteiger partial charge is 0.270 e. The van der Waals surface area contributed by atoms with Crippen molar-refractivity contribution in [3.63, 3.8) is 0 Å². The van der Waals surface area contributed by atoms with Gasteiger partial charge in [-0.15, -0.1) is 0 Å². The lowest BCUT2D eigenvalue weighted by Gasteiger charge is -2.24. The van der Waals surface area contributed by atoms with Crippen LogP contribution in [0, 0.1) is 17.0 Å². The Kier molecular flexibility index (Phi) is 5.33. The van der Waals surface area contributed by atoms with E-state index in [9.17, 15) is 14.9 Å². The van der Waals surface area contributed by atoms with E-state index in [1.54, 1.807) is 13.0 Å². The normalized spacial score (nSPS) is 18.0. The molecule has 0 N–H and O–H groups in total. The molecule has 1 heterocycles. The summed E-state index contributed by atoms with van der Waals surface area (Å²) < 4.78 is 0. The van der Waals surface area contributed by atoms with Crippen molar-refractivity contribution in [2.24, 2.45) is 0 Å². The summed E-state index contributed by atoms with van der Waals surface area (Å²) in [5.41, 5.74) is 1.14. The fraction of sp³-hybridized carbons (Fsp3) is 0.533. The van der Waals surface area contributed by atoms with Gasteiger partial charge in [0.25, 0.3) is 11.6 Å². The summed E-state index contributed by atoms with van der Waals surface area (Å²) in [4.78, 5) is 25.0. The van der Waals surface area contributed by atoms with Gasteiger partial charge in [0, 0.05) is 35.6 Å². The minimum absolute atomic E-state index is 0.0189. The van der Waals surface area contributed by atoms with E-state index in [2.05, 4.69) is 15.9 Å². The van der Waals surface area contributed by atoms with Gasteiger partial charge in [-0.2, -0.15) is 0 Å². The number of aryl methyl sites for hydroxylation is 1. The average molecular weight is 355 g/mol. The van der Waals surface area contributed by atoms with Crippen molar-refractivity contribution >= 4 is 27.5 Å². The quantitative estimate of drug-likeness (QED) is 0.460. The first-order valence-corrected chi connectivity index (χ1v) is 8.28. The first-order chi connectivity index (χ1) is 10.0. The van der Waals surface area contributed by atoms with Crippen LogP contribution in [0.1, 0.15) is 41.6 Å². The molecule has 1 aliphatic heterocycles. The van der Waals surface area contributed by atoms with E-state index in [1.165, 1.54) is 12.1 Å².